The van der Waals surface area contributed by atoms with Gasteiger partial charge in [0.2, 0.25) is 5.88 Å². The summed E-state index contributed by atoms with van der Waals surface area (Å²) in [6.45, 7) is 6.64. The molecule has 0 saturated heterocycles. The summed E-state index contributed by atoms with van der Waals surface area (Å²) in [5, 5.41) is 12.7. The Morgan fingerprint density at radius 3 is 2.53 bits per heavy atom. The van der Waals surface area contributed by atoms with Crippen molar-refractivity contribution >= 4 is 5.82 Å². The molecule has 0 unspecified atom stereocenters. The van der Waals surface area contributed by atoms with Crippen molar-refractivity contribution in [3.8, 4) is 5.88 Å². The highest BCUT2D eigenvalue weighted by atomic mass is 16.5. The van der Waals surface area contributed by atoms with Gasteiger partial charge in [-0.25, -0.2) is 9.97 Å². The van der Waals surface area contributed by atoms with Gasteiger partial charge in [0.05, 0.1) is 18.8 Å². The van der Waals surface area contributed by atoms with Crippen LogP contribution in [0.15, 0.2) is 12.4 Å². The lowest BCUT2D eigenvalue weighted by Gasteiger charge is -2.31. The van der Waals surface area contributed by atoms with E-state index in [0.29, 0.717) is 18.3 Å². The number of rotatable bonds is 7. The molecule has 96 valence electrons. The molecule has 0 aliphatic heterocycles. The third-order valence-corrected chi connectivity index (χ3v) is 2.98. The summed E-state index contributed by atoms with van der Waals surface area (Å²) in [4.78, 5) is 8.14. The van der Waals surface area contributed by atoms with Gasteiger partial charge in [-0.2, -0.15) is 0 Å². The highest BCUT2D eigenvalue weighted by Gasteiger charge is 2.25. The molecule has 1 aromatic rings. The van der Waals surface area contributed by atoms with E-state index in [2.05, 4.69) is 15.3 Å². The fourth-order valence-corrected chi connectivity index (χ4v) is 1.60. The fraction of sp³-hybridized carbons (Fsp3) is 0.667. The Morgan fingerprint density at radius 2 is 2.00 bits per heavy atom. The number of aliphatic hydroxyl groups is 1. The van der Waals surface area contributed by atoms with Crippen LogP contribution in [-0.4, -0.2) is 33.8 Å². The molecule has 0 aliphatic carbocycles. The van der Waals surface area contributed by atoms with Crippen molar-refractivity contribution in [3.63, 3.8) is 0 Å². The zero-order valence-corrected chi connectivity index (χ0v) is 10.7. The van der Waals surface area contributed by atoms with Crippen LogP contribution in [0.4, 0.5) is 5.82 Å². The topological polar surface area (TPSA) is 67.3 Å². The maximum absolute atomic E-state index is 9.47. The molecule has 17 heavy (non-hydrogen) atoms. The molecule has 0 fully saturated rings. The molecule has 2 N–H and O–H groups in total. The third kappa shape index (κ3) is 3.56. The largest absolute Gasteiger partial charge is 0.478 e. The Kier molecular flexibility index (Phi) is 5.15. The number of ether oxygens (including phenoxy) is 1. The van der Waals surface area contributed by atoms with Crippen molar-refractivity contribution in [2.24, 2.45) is 0 Å². The Hall–Kier alpha value is -1.36. The Labute approximate surface area is 102 Å². The zero-order valence-electron chi connectivity index (χ0n) is 10.7. The second-order valence-electron chi connectivity index (χ2n) is 3.95. The molecular formula is C12H21N3O2. The van der Waals surface area contributed by atoms with E-state index in [4.69, 9.17) is 4.74 Å². The standard InChI is InChI=1S/C12H21N3O2/c1-4-12(5-2,8-16)15-10-7-11(17-6-3)14-9-13-10/h7,9,16H,4-6,8H2,1-3H3,(H,13,14,15). The van der Waals surface area contributed by atoms with Crippen LogP contribution >= 0.6 is 0 Å². The number of aromatic nitrogens is 2. The van der Waals surface area contributed by atoms with Gasteiger partial charge in [-0.1, -0.05) is 13.8 Å². The van der Waals surface area contributed by atoms with Crippen LogP contribution in [0.25, 0.3) is 0 Å². The van der Waals surface area contributed by atoms with Gasteiger partial charge in [0.15, 0.2) is 0 Å². The van der Waals surface area contributed by atoms with Crippen LogP contribution in [0.1, 0.15) is 33.6 Å². The molecule has 5 nitrogen and oxygen atoms in total. The van der Waals surface area contributed by atoms with Gasteiger partial charge in [-0.15, -0.1) is 0 Å². The molecule has 0 atom stereocenters. The first kappa shape index (κ1) is 13.7. The van der Waals surface area contributed by atoms with Crippen molar-refractivity contribution in [2.75, 3.05) is 18.5 Å². The fourth-order valence-electron chi connectivity index (χ4n) is 1.60. The summed E-state index contributed by atoms with van der Waals surface area (Å²) in [5.41, 5.74) is -0.322. The van der Waals surface area contributed by atoms with Crippen LogP contribution in [0.3, 0.4) is 0 Å². The number of aliphatic hydroxyl groups excluding tert-OH is 1. The van der Waals surface area contributed by atoms with Crippen molar-refractivity contribution in [1.82, 2.24) is 9.97 Å². The second kappa shape index (κ2) is 6.39. The molecule has 0 radical (unpaired) electrons. The molecule has 0 saturated carbocycles. The van der Waals surface area contributed by atoms with Gasteiger partial charge in [0.25, 0.3) is 0 Å². The minimum absolute atomic E-state index is 0.0774. The minimum Gasteiger partial charge on any atom is -0.478 e. The Morgan fingerprint density at radius 1 is 1.29 bits per heavy atom. The molecule has 1 rings (SSSR count). The first-order valence-electron chi connectivity index (χ1n) is 6.03. The van der Waals surface area contributed by atoms with Gasteiger partial charge in [0.1, 0.15) is 12.1 Å². The predicted molar refractivity (Wildman–Crippen MR) is 67.2 cm³/mol. The average Bonchev–Trinajstić information content (AvgIpc) is 2.37. The average molecular weight is 239 g/mol. The summed E-state index contributed by atoms with van der Waals surface area (Å²) in [7, 11) is 0. The van der Waals surface area contributed by atoms with Crippen molar-refractivity contribution in [1.29, 1.82) is 0 Å². The van der Waals surface area contributed by atoms with Gasteiger partial charge < -0.3 is 15.2 Å². The maximum Gasteiger partial charge on any atom is 0.218 e. The van der Waals surface area contributed by atoms with Crippen molar-refractivity contribution < 1.29 is 9.84 Å². The first-order chi connectivity index (χ1) is 8.19. The summed E-state index contributed by atoms with van der Waals surface area (Å²) in [6, 6.07) is 1.75. The first-order valence-corrected chi connectivity index (χ1v) is 6.03. The van der Waals surface area contributed by atoms with Crippen LogP contribution in [0, 0.1) is 0 Å². The predicted octanol–water partition coefficient (Wildman–Crippen LogP) is 1.84. The van der Waals surface area contributed by atoms with Crippen LogP contribution in [0.5, 0.6) is 5.88 Å². The van der Waals surface area contributed by atoms with Crippen molar-refractivity contribution in [3.05, 3.63) is 12.4 Å². The number of hydrogen-bond donors (Lipinski definition) is 2. The summed E-state index contributed by atoms with van der Waals surface area (Å²) < 4.78 is 5.31. The Balaban J connectivity index is 2.82. The minimum atomic E-state index is -0.322. The molecule has 1 aromatic heterocycles. The number of hydrogen-bond acceptors (Lipinski definition) is 5. The van der Waals surface area contributed by atoms with Crippen LogP contribution in [0.2, 0.25) is 0 Å². The van der Waals surface area contributed by atoms with Crippen LogP contribution in [-0.2, 0) is 0 Å². The highest BCUT2D eigenvalue weighted by Crippen LogP contribution is 2.21. The number of nitrogens with one attached hydrogen (secondary N) is 1. The lowest BCUT2D eigenvalue weighted by molar-refractivity contribution is 0.202. The highest BCUT2D eigenvalue weighted by molar-refractivity contribution is 5.40. The summed E-state index contributed by atoms with van der Waals surface area (Å²) in [6.07, 6.45) is 3.11. The van der Waals surface area contributed by atoms with E-state index < -0.39 is 0 Å². The SMILES string of the molecule is CCOc1cc(NC(CC)(CC)CO)ncn1. The zero-order chi connectivity index (χ0) is 12.7. The molecule has 0 amide bonds. The van der Waals surface area contributed by atoms with E-state index in [1.807, 2.05) is 20.8 Å². The van der Waals surface area contributed by atoms with E-state index in [0.717, 1.165) is 12.8 Å². The smallest absolute Gasteiger partial charge is 0.218 e. The summed E-state index contributed by atoms with van der Waals surface area (Å²) >= 11 is 0. The number of nitrogens with zero attached hydrogens (tertiary/aromatic N) is 2. The third-order valence-electron chi connectivity index (χ3n) is 2.98. The molecule has 0 spiro atoms. The Bertz CT molecular complexity index is 332. The summed E-state index contributed by atoms with van der Waals surface area (Å²) in [5.74, 6) is 1.23. The van der Waals surface area contributed by atoms with E-state index >= 15 is 0 Å². The van der Waals surface area contributed by atoms with E-state index in [9.17, 15) is 5.11 Å². The quantitative estimate of drug-likeness (QED) is 0.760. The molecule has 0 aliphatic rings. The molecular weight excluding hydrogens is 218 g/mol. The maximum atomic E-state index is 9.47. The van der Waals surface area contributed by atoms with E-state index in [1.165, 1.54) is 6.33 Å². The van der Waals surface area contributed by atoms with Crippen molar-refractivity contribution in [2.45, 2.75) is 39.2 Å². The van der Waals surface area contributed by atoms with E-state index in [1.54, 1.807) is 6.07 Å². The lowest BCUT2D eigenvalue weighted by atomic mass is 9.94. The molecule has 1 heterocycles. The second-order valence-corrected chi connectivity index (χ2v) is 3.95. The van der Waals surface area contributed by atoms with Crippen LogP contribution < -0.4 is 10.1 Å². The normalized spacial score (nSPS) is 11.3. The van der Waals surface area contributed by atoms with Gasteiger partial charge in [-0.3, -0.25) is 0 Å². The van der Waals surface area contributed by atoms with Gasteiger partial charge in [0, 0.05) is 6.07 Å². The molecule has 0 aromatic carbocycles. The van der Waals surface area contributed by atoms with E-state index in [-0.39, 0.29) is 12.1 Å². The lowest BCUT2D eigenvalue weighted by Crippen LogP contribution is -2.41. The molecule has 0 bridgehead atoms. The van der Waals surface area contributed by atoms with Gasteiger partial charge in [-0.05, 0) is 19.8 Å². The monoisotopic (exact) mass is 239 g/mol. The number of anilines is 1. The molecule has 5 heteroatoms. The van der Waals surface area contributed by atoms with Gasteiger partial charge >= 0.3 is 0 Å².